The smallest absolute Gasteiger partial charge is 0.356 e. The van der Waals surface area contributed by atoms with Crippen molar-refractivity contribution in [3.05, 3.63) is 30.2 Å². The molecule has 0 saturated heterocycles. The topological polar surface area (TPSA) is 92.9 Å². The fourth-order valence-electron chi connectivity index (χ4n) is 2.69. The van der Waals surface area contributed by atoms with Crippen LogP contribution < -0.4 is 10.1 Å². The second-order valence-electron chi connectivity index (χ2n) is 5.37. The van der Waals surface area contributed by atoms with Gasteiger partial charge in [-0.05, 0) is 25.0 Å². The predicted molar refractivity (Wildman–Crippen MR) is 78.0 cm³/mol. The van der Waals surface area contributed by atoms with Crippen molar-refractivity contribution in [2.24, 2.45) is 0 Å². The van der Waals surface area contributed by atoms with Crippen LogP contribution in [0, 0.1) is 0 Å². The summed E-state index contributed by atoms with van der Waals surface area (Å²) in [6, 6.07) is 3.62. The Bertz CT molecular complexity index is 704. The maximum absolute atomic E-state index is 11.9. The van der Waals surface area contributed by atoms with Gasteiger partial charge in [-0.15, -0.1) is 0 Å². The first kappa shape index (κ1) is 14.4. The monoisotopic (exact) mass is 303 g/mol. The summed E-state index contributed by atoms with van der Waals surface area (Å²) in [5, 5.41) is 11.9. The number of imidazole rings is 1. The summed E-state index contributed by atoms with van der Waals surface area (Å²) < 4.78 is 7.06. The third-order valence-electron chi connectivity index (χ3n) is 3.75. The highest BCUT2D eigenvalue weighted by atomic mass is 16.5. The van der Waals surface area contributed by atoms with Gasteiger partial charge in [-0.3, -0.25) is 4.79 Å². The largest absolute Gasteiger partial charge is 0.480 e. The molecule has 0 aliphatic heterocycles. The molecule has 1 aliphatic rings. The van der Waals surface area contributed by atoms with Gasteiger partial charge in [0.15, 0.2) is 23.7 Å². The number of carbonyl (C=O) groups is 2. The Labute approximate surface area is 126 Å². The van der Waals surface area contributed by atoms with Crippen molar-refractivity contribution in [1.82, 2.24) is 14.7 Å². The van der Waals surface area contributed by atoms with Crippen LogP contribution in [0.2, 0.25) is 0 Å². The minimum Gasteiger partial charge on any atom is -0.480 e. The van der Waals surface area contributed by atoms with Gasteiger partial charge in [0.1, 0.15) is 0 Å². The summed E-state index contributed by atoms with van der Waals surface area (Å²) in [5.41, 5.74) is 0.319. The molecule has 7 nitrogen and oxygen atoms in total. The summed E-state index contributed by atoms with van der Waals surface area (Å²) in [6.45, 7) is -0.106. The van der Waals surface area contributed by atoms with Gasteiger partial charge in [0, 0.05) is 18.4 Å². The van der Waals surface area contributed by atoms with E-state index in [2.05, 4.69) is 10.3 Å². The normalized spacial score (nSPS) is 15.1. The molecule has 2 aromatic rings. The highest BCUT2D eigenvalue weighted by Gasteiger charge is 2.18. The maximum atomic E-state index is 11.9. The lowest BCUT2D eigenvalue weighted by Gasteiger charge is -2.12. The number of amides is 1. The molecule has 2 heterocycles. The molecule has 0 spiro atoms. The van der Waals surface area contributed by atoms with Gasteiger partial charge in [0.05, 0.1) is 0 Å². The third-order valence-corrected chi connectivity index (χ3v) is 3.75. The molecule has 7 heteroatoms. The predicted octanol–water partition coefficient (Wildman–Crippen LogP) is 1.47. The van der Waals surface area contributed by atoms with E-state index in [1.54, 1.807) is 22.7 Å². The number of fused-ring (bicyclic) bond motifs is 1. The molecule has 116 valence electrons. The summed E-state index contributed by atoms with van der Waals surface area (Å²) in [7, 11) is 0. The molecular formula is C15H17N3O4. The molecule has 2 N–H and O–H groups in total. The molecule has 22 heavy (non-hydrogen) atoms. The van der Waals surface area contributed by atoms with E-state index in [1.807, 2.05) is 0 Å². The van der Waals surface area contributed by atoms with E-state index in [0.29, 0.717) is 11.4 Å². The van der Waals surface area contributed by atoms with E-state index in [0.717, 1.165) is 25.7 Å². The number of carboxylic acid groups (broad SMARTS) is 1. The first-order valence-electron chi connectivity index (χ1n) is 7.26. The van der Waals surface area contributed by atoms with Crippen LogP contribution in [-0.2, 0) is 4.79 Å². The molecule has 3 rings (SSSR count). The van der Waals surface area contributed by atoms with Crippen LogP contribution in [0.1, 0.15) is 36.2 Å². The lowest BCUT2D eigenvalue weighted by molar-refractivity contribution is -0.123. The maximum Gasteiger partial charge on any atom is 0.356 e. The number of carbonyl (C=O) groups excluding carboxylic acids is 1. The molecule has 0 bridgehead atoms. The van der Waals surface area contributed by atoms with Crippen molar-refractivity contribution in [3.8, 4) is 5.75 Å². The number of aromatic carboxylic acids is 1. The van der Waals surface area contributed by atoms with Gasteiger partial charge in [-0.2, -0.15) is 0 Å². The Morgan fingerprint density at radius 3 is 2.91 bits per heavy atom. The zero-order valence-electron chi connectivity index (χ0n) is 12.0. The summed E-state index contributed by atoms with van der Waals surface area (Å²) >= 11 is 0. The Kier molecular flexibility index (Phi) is 3.95. The number of carboxylic acids is 1. The molecule has 1 amide bonds. The van der Waals surface area contributed by atoms with Crippen molar-refractivity contribution in [3.63, 3.8) is 0 Å². The minimum atomic E-state index is -1.10. The van der Waals surface area contributed by atoms with Gasteiger partial charge in [0.25, 0.3) is 5.91 Å². The minimum absolute atomic E-state index is 0.0635. The summed E-state index contributed by atoms with van der Waals surface area (Å²) in [4.78, 5) is 26.8. The third kappa shape index (κ3) is 3.03. The number of rotatable bonds is 5. The van der Waals surface area contributed by atoms with E-state index in [1.165, 1.54) is 6.20 Å². The molecule has 0 atom stereocenters. The van der Waals surface area contributed by atoms with Gasteiger partial charge >= 0.3 is 5.97 Å². The number of nitrogens with one attached hydrogen (secondary N) is 1. The van der Waals surface area contributed by atoms with E-state index >= 15 is 0 Å². The highest BCUT2D eigenvalue weighted by Crippen LogP contribution is 2.20. The number of pyridine rings is 1. The second-order valence-corrected chi connectivity index (χ2v) is 5.37. The van der Waals surface area contributed by atoms with E-state index in [4.69, 9.17) is 9.84 Å². The fraction of sp³-hybridized carbons (Fsp3) is 0.400. The number of ether oxygens (including phenoxy) is 1. The zero-order valence-corrected chi connectivity index (χ0v) is 12.0. The van der Waals surface area contributed by atoms with Crippen molar-refractivity contribution < 1.29 is 19.4 Å². The molecule has 2 aromatic heterocycles. The van der Waals surface area contributed by atoms with Crippen molar-refractivity contribution >= 4 is 17.5 Å². The van der Waals surface area contributed by atoms with Gasteiger partial charge in [0.2, 0.25) is 0 Å². The van der Waals surface area contributed by atoms with E-state index in [9.17, 15) is 9.59 Å². The van der Waals surface area contributed by atoms with E-state index in [-0.39, 0.29) is 24.2 Å². The van der Waals surface area contributed by atoms with Crippen LogP contribution in [0.4, 0.5) is 0 Å². The average molecular weight is 303 g/mol. The lowest BCUT2D eigenvalue weighted by Crippen LogP contribution is -2.36. The SMILES string of the molecule is O=C(COc1cccn2cc(C(=O)O)nc12)NC1CCCC1. The number of nitrogens with zero attached hydrogens (tertiary/aromatic N) is 2. The Morgan fingerprint density at radius 1 is 1.41 bits per heavy atom. The summed E-state index contributed by atoms with van der Waals surface area (Å²) in [6.07, 6.45) is 7.42. The molecule has 1 fully saturated rings. The molecule has 1 aliphatic carbocycles. The van der Waals surface area contributed by atoms with Crippen LogP contribution >= 0.6 is 0 Å². The van der Waals surface area contributed by atoms with Gasteiger partial charge < -0.3 is 19.6 Å². The second kappa shape index (κ2) is 6.05. The first-order chi connectivity index (χ1) is 10.6. The van der Waals surface area contributed by atoms with Crippen molar-refractivity contribution in [2.45, 2.75) is 31.7 Å². The zero-order chi connectivity index (χ0) is 15.5. The Hall–Kier alpha value is -2.57. The highest BCUT2D eigenvalue weighted by molar-refractivity contribution is 5.86. The average Bonchev–Trinajstić information content (AvgIpc) is 3.13. The quantitative estimate of drug-likeness (QED) is 0.872. The summed E-state index contributed by atoms with van der Waals surface area (Å²) in [5.74, 6) is -0.885. The van der Waals surface area contributed by atoms with Crippen LogP contribution in [0.25, 0.3) is 5.65 Å². The Morgan fingerprint density at radius 2 is 2.18 bits per heavy atom. The van der Waals surface area contributed by atoms with Gasteiger partial charge in [-0.1, -0.05) is 12.8 Å². The standard InChI is InChI=1S/C15H17N3O4/c19-13(16-10-4-1-2-5-10)9-22-12-6-3-7-18-8-11(15(20)21)17-14(12)18/h3,6-8,10H,1-2,4-5,9H2,(H,16,19)(H,20,21). The van der Waals surface area contributed by atoms with Crippen LogP contribution in [0.5, 0.6) is 5.75 Å². The first-order valence-corrected chi connectivity index (χ1v) is 7.26. The molecule has 0 aromatic carbocycles. The fourth-order valence-corrected chi connectivity index (χ4v) is 2.69. The number of hydrogen-bond donors (Lipinski definition) is 2. The molecule has 0 radical (unpaired) electrons. The van der Waals surface area contributed by atoms with Crippen LogP contribution in [0.3, 0.4) is 0 Å². The van der Waals surface area contributed by atoms with E-state index < -0.39 is 5.97 Å². The molecule has 0 unspecified atom stereocenters. The van der Waals surface area contributed by atoms with Crippen molar-refractivity contribution in [1.29, 1.82) is 0 Å². The lowest BCUT2D eigenvalue weighted by atomic mass is 10.2. The van der Waals surface area contributed by atoms with Crippen LogP contribution in [0.15, 0.2) is 24.5 Å². The van der Waals surface area contributed by atoms with Crippen LogP contribution in [-0.4, -0.2) is 39.0 Å². The van der Waals surface area contributed by atoms with Gasteiger partial charge in [-0.25, -0.2) is 9.78 Å². The Balaban J connectivity index is 1.68. The number of hydrogen-bond acceptors (Lipinski definition) is 4. The number of aromatic nitrogens is 2. The van der Waals surface area contributed by atoms with Crippen molar-refractivity contribution in [2.75, 3.05) is 6.61 Å². The molecule has 1 saturated carbocycles. The molecular weight excluding hydrogens is 286 g/mol.